The van der Waals surface area contributed by atoms with E-state index in [0.29, 0.717) is 12.2 Å². The number of hydrogen-bond acceptors (Lipinski definition) is 9. The summed E-state index contributed by atoms with van der Waals surface area (Å²) < 4.78 is 31.4. The maximum Gasteiger partial charge on any atom is 0.153 e. The Morgan fingerprint density at radius 2 is 1.95 bits per heavy atom. The largest absolute Gasteiger partial charge is 0.381 e. The molecule has 0 aliphatic carbocycles. The number of pyridine rings is 1. The van der Waals surface area contributed by atoms with Gasteiger partial charge in [-0.1, -0.05) is 12.1 Å². The van der Waals surface area contributed by atoms with Gasteiger partial charge >= 0.3 is 0 Å². The molecule has 13 heteroatoms. The van der Waals surface area contributed by atoms with Gasteiger partial charge in [-0.2, -0.15) is 5.10 Å². The van der Waals surface area contributed by atoms with E-state index in [1.165, 1.54) is 28.1 Å². The van der Waals surface area contributed by atoms with Gasteiger partial charge in [0, 0.05) is 57.0 Å². The van der Waals surface area contributed by atoms with Crippen LogP contribution in [0.4, 0.5) is 14.6 Å². The second-order valence-electron chi connectivity index (χ2n) is 9.12. The van der Waals surface area contributed by atoms with Gasteiger partial charge in [0.15, 0.2) is 5.82 Å². The summed E-state index contributed by atoms with van der Waals surface area (Å²) in [7, 11) is 0. The van der Waals surface area contributed by atoms with E-state index in [-0.39, 0.29) is 12.1 Å². The van der Waals surface area contributed by atoms with Crippen LogP contribution in [0.2, 0.25) is 0 Å². The standard InChI is InChI=1S/C24H28F2N10O/c1-18(24(37,15-35-17-27-16-29-35)20-6-5-19(25)14-21(20)26)36-23(30-31-32-36)7-9-33-10-12-34(13-11-33)22-4-2-3-8-28-22/h2-6,8,14,16-18,37H,7,9-13,15H2,1H3/t18-,24+/m0/s1. The molecule has 0 radical (unpaired) electrons. The molecule has 0 bridgehead atoms. The minimum Gasteiger partial charge on any atom is -0.381 e. The van der Waals surface area contributed by atoms with Crippen molar-refractivity contribution in [2.45, 2.75) is 31.5 Å². The van der Waals surface area contributed by atoms with Crippen LogP contribution in [0.25, 0.3) is 0 Å². The summed E-state index contributed by atoms with van der Waals surface area (Å²) in [6.45, 7) is 5.74. The van der Waals surface area contributed by atoms with E-state index in [0.717, 1.165) is 50.7 Å². The van der Waals surface area contributed by atoms with Crippen molar-refractivity contribution in [1.29, 1.82) is 0 Å². The summed E-state index contributed by atoms with van der Waals surface area (Å²) in [4.78, 5) is 12.9. The minimum atomic E-state index is -1.84. The van der Waals surface area contributed by atoms with Gasteiger partial charge in [0.05, 0.1) is 12.6 Å². The second-order valence-corrected chi connectivity index (χ2v) is 9.12. The molecule has 1 aromatic carbocycles. The maximum atomic E-state index is 14.9. The van der Waals surface area contributed by atoms with Crippen molar-refractivity contribution in [3.8, 4) is 0 Å². The maximum absolute atomic E-state index is 14.9. The lowest BCUT2D eigenvalue weighted by Gasteiger charge is -2.36. The zero-order valence-corrected chi connectivity index (χ0v) is 20.4. The van der Waals surface area contributed by atoms with Crippen LogP contribution >= 0.6 is 0 Å². The molecule has 0 spiro atoms. The van der Waals surface area contributed by atoms with E-state index in [9.17, 15) is 13.9 Å². The van der Waals surface area contributed by atoms with Gasteiger partial charge in [0.2, 0.25) is 0 Å². The Labute approximate surface area is 212 Å². The highest BCUT2D eigenvalue weighted by Gasteiger charge is 2.42. The first kappa shape index (κ1) is 24.8. The molecule has 1 aliphatic rings. The first-order valence-corrected chi connectivity index (χ1v) is 12.1. The lowest BCUT2D eigenvalue weighted by atomic mass is 9.86. The topological polar surface area (TPSA) is 114 Å². The Morgan fingerprint density at radius 1 is 1.11 bits per heavy atom. The normalized spacial score (nSPS) is 17.0. The molecule has 0 unspecified atom stereocenters. The van der Waals surface area contributed by atoms with Crippen molar-refractivity contribution in [3.63, 3.8) is 0 Å². The number of aromatic nitrogens is 8. The number of aliphatic hydroxyl groups is 1. The molecule has 0 saturated carbocycles. The van der Waals surface area contributed by atoms with Crippen LogP contribution in [0.3, 0.4) is 0 Å². The van der Waals surface area contributed by atoms with Gasteiger partial charge in [0.1, 0.15) is 35.7 Å². The Balaban J connectivity index is 1.31. The summed E-state index contributed by atoms with van der Waals surface area (Å²) in [6, 6.07) is 8.20. The zero-order chi connectivity index (χ0) is 25.8. The van der Waals surface area contributed by atoms with Gasteiger partial charge in [-0.15, -0.1) is 5.10 Å². The van der Waals surface area contributed by atoms with Crippen LogP contribution in [0.5, 0.6) is 0 Å². The molecule has 4 aromatic rings. The molecule has 1 N–H and O–H groups in total. The molecule has 1 saturated heterocycles. The number of anilines is 1. The van der Waals surface area contributed by atoms with E-state index in [4.69, 9.17) is 0 Å². The van der Waals surface area contributed by atoms with Crippen molar-refractivity contribution in [1.82, 2.24) is 44.9 Å². The predicted octanol–water partition coefficient (Wildman–Crippen LogP) is 1.45. The molecule has 37 heavy (non-hydrogen) atoms. The average molecular weight is 511 g/mol. The third-order valence-corrected chi connectivity index (χ3v) is 6.88. The van der Waals surface area contributed by atoms with Crippen LogP contribution in [0.15, 0.2) is 55.2 Å². The molecule has 11 nitrogen and oxygen atoms in total. The number of rotatable bonds is 9. The Hall–Kier alpha value is -3.84. The highest BCUT2D eigenvalue weighted by Crippen LogP contribution is 2.36. The fourth-order valence-corrected chi connectivity index (χ4v) is 4.72. The Kier molecular flexibility index (Phi) is 7.15. The van der Waals surface area contributed by atoms with Gasteiger partial charge in [-0.05, 0) is 35.5 Å². The molecule has 1 aliphatic heterocycles. The van der Waals surface area contributed by atoms with Crippen molar-refractivity contribution in [2.24, 2.45) is 0 Å². The molecule has 0 amide bonds. The lowest BCUT2D eigenvalue weighted by Crippen LogP contribution is -2.47. The SMILES string of the molecule is C[C@H](n1nnnc1CCN1CCN(c2ccccn2)CC1)[C@](O)(Cn1cncn1)c1ccc(F)cc1F. The summed E-state index contributed by atoms with van der Waals surface area (Å²) in [5.41, 5.74) is -1.92. The van der Waals surface area contributed by atoms with E-state index in [1.807, 2.05) is 18.2 Å². The zero-order valence-electron chi connectivity index (χ0n) is 20.4. The predicted molar refractivity (Wildman–Crippen MR) is 129 cm³/mol. The monoisotopic (exact) mass is 510 g/mol. The fourth-order valence-electron chi connectivity index (χ4n) is 4.72. The van der Waals surface area contributed by atoms with Crippen molar-refractivity contribution >= 4 is 5.82 Å². The summed E-state index contributed by atoms with van der Waals surface area (Å²) in [5, 5.41) is 28.0. The summed E-state index contributed by atoms with van der Waals surface area (Å²) >= 11 is 0. The molecule has 194 valence electrons. The number of hydrogen-bond donors (Lipinski definition) is 1. The van der Waals surface area contributed by atoms with Gasteiger partial charge in [-0.25, -0.2) is 28.1 Å². The molecular formula is C24H28F2N10O. The third-order valence-electron chi connectivity index (χ3n) is 6.88. The minimum absolute atomic E-state index is 0.0796. The van der Waals surface area contributed by atoms with E-state index in [1.54, 1.807) is 13.1 Å². The number of nitrogens with zero attached hydrogens (tertiary/aromatic N) is 10. The quantitative estimate of drug-likeness (QED) is 0.357. The van der Waals surface area contributed by atoms with E-state index >= 15 is 0 Å². The molecule has 3 aromatic heterocycles. The van der Waals surface area contributed by atoms with E-state index < -0.39 is 23.3 Å². The Morgan fingerprint density at radius 3 is 2.65 bits per heavy atom. The lowest BCUT2D eigenvalue weighted by molar-refractivity contribution is -0.0384. The fraction of sp³-hybridized carbons (Fsp3) is 0.417. The van der Waals surface area contributed by atoms with Crippen LogP contribution in [-0.2, 0) is 18.6 Å². The van der Waals surface area contributed by atoms with Crippen LogP contribution in [0, 0.1) is 11.6 Å². The molecule has 2 atom stereocenters. The number of benzene rings is 1. The number of tetrazole rings is 1. The Bertz CT molecular complexity index is 1290. The second kappa shape index (κ2) is 10.6. The number of piperazine rings is 1. The average Bonchev–Trinajstić information content (AvgIpc) is 3.60. The third kappa shape index (κ3) is 5.32. The van der Waals surface area contributed by atoms with Gasteiger partial charge in [0.25, 0.3) is 0 Å². The van der Waals surface area contributed by atoms with Gasteiger partial charge in [-0.3, -0.25) is 4.90 Å². The molecule has 5 rings (SSSR count). The van der Waals surface area contributed by atoms with Crippen LogP contribution in [0.1, 0.15) is 24.4 Å². The smallest absolute Gasteiger partial charge is 0.153 e. The number of halogens is 2. The molecule has 1 fully saturated rings. The van der Waals surface area contributed by atoms with Gasteiger partial charge < -0.3 is 10.0 Å². The van der Waals surface area contributed by atoms with Crippen molar-refractivity contribution in [3.05, 3.63) is 78.3 Å². The first-order chi connectivity index (χ1) is 17.9. The highest BCUT2D eigenvalue weighted by atomic mass is 19.1. The van der Waals surface area contributed by atoms with E-state index in [2.05, 4.69) is 40.4 Å². The van der Waals surface area contributed by atoms with Crippen molar-refractivity contribution in [2.75, 3.05) is 37.6 Å². The highest BCUT2D eigenvalue weighted by molar-refractivity contribution is 5.38. The van der Waals surface area contributed by atoms with Crippen LogP contribution < -0.4 is 4.90 Å². The van der Waals surface area contributed by atoms with Crippen LogP contribution in [-0.4, -0.2) is 82.7 Å². The van der Waals surface area contributed by atoms with Crippen molar-refractivity contribution < 1.29 is 13.9 Å². The first-order valence-electron chi connectivity index (χ1n) is 12.1. The summed E-state index contributed by atoms with van der Waals surface area (Å²) in [6.07, 6.45) is 5.07. The summed E-state index contributed by atoms with van der Waals surface area (Å²) in [5.74, 6) is -0.0723. The molecule has 4 heterocycles. The molecular weight excluding hydrogens is 482 g/mol.